The molecular formula is C12H16BrN3OS2. The van der Waals surface area contributed by atoms with Gasteiger partial charge in [0.05, 0.1) is 19.2 Å². The van der Waals surface area contributed by atoms with Crippen LogP contribution in [0.25, 0.3) is 0 Å². The van der Waals surface area contributed by atoms with E-state index in [1.807, 2.05) is 6.07 Å². The molecule has 1 aliphatic heterocycles. The van der Waals surface area contributed by atoms with Crippen LogP contribution in [0.1, 0.15) is 22.5 Å². The minimum absolute atomic E-state index is 0.104. The van der Waals surface area contributed by atoms with Gasteiger partial charge in [0.15, 0.2) is 0 Å². The van der Waals surface area contributed by atoms with E-state index in [9.17, 15) is 4.79 Å². The van der Waals surface area contributed by atoms with E-state index in [1.165, 1.54) is 11.3 Å². The Hall–Kier alpha value is -0.500. The van der Waals surface area contributed by atoms with Crippen LogP contribution in [0.5, 0.6) is 0 Å². The van der Waals surface area contributed by atoms with Crippen LogP contribution in [0.2, 0.25) is 0 Å². The van der Waals surface area contributed by atoms with Crippen LogP contribution >= 0.6 is 39.5 Å². The van der Waals surface area contributed by atoms with Crippen molar-refractivity contribution in [1.29, 1.82) is 0 Å². The fourth-order valence-electron chi connectivity index (χ4n) is 2.15. The third kappa shape index (κ3) is 3.34. The first-order valence-electron chi connectivity index (χ1n) is 5.99. The van der Waals surface area contributed by atoms with Gasteiger partial charge in [-0.15, -0.1) is 11.3 Å². The number of halogens is 1. The topological polar surface area (TPSA) is 58.4 Å². The largest absolute Gasteiger partial charge is 0.391 e. The van der Waals surface area contributed by atoms with Crippen LogP contribution in [0.3, 0.4) is 0 Å². The summed E-state index contributed by atoms with van der Waals surface area (Å²) < 4.78 is 0.936. The van der Waals surface area contributed by atoms with Crippen LogP contribution < -0.4 is 11.1 Å². The van der Waals surface area contributed by atoms with E-state index in [2.05, 4.69) is 33.2 Å². The number of nitrogens with two attached hydrogens (primary N) is 1. The molecule has 0 spiro atoms. The number of nitrogens with one attached hydrogen (secondary N) is 1. The van der Waals surface area contributed by atoms with Crippen LogP contribution in [0, 0.1) is 0 Å². The van der Waals surface area contributed by atoms with Crippen LogP contribution in [0.4, 0.5) is 0 Å². The summed E-state index contributed by atoms with van der Waals surface area (Å²) in [6, 6.07) is 3.66. The molecule has 19 heavy (non-hydrogen) atoms. The fraction of sp³-hybridized carbons (Fsp3) is 0.500. The molecular weight excluding hydrogens is 346 g/mol. The molecule has 0 aliphatic carbocycles. The second-order valence-corrected chi connectivity index (χ2v) is 7.71. The van der Waals surface area contributed by atoms with Crippen molar-refractivity contribution in [3.63, 3.8) is 0 Å². The molecule has 0 aromatic carbocycles. The molecule has 1 aliphatic rings. The van der Waals surface area contributed by atoms with E-state index in [4.69, 9.17) is 18.0 Å². The number of rotatable bonds is 3. The van der Waals surface area contributed by atoms with E-state index >= 15 is 0 Å². The number of nitrogens with zero attached hydrogens (tertiary/aromatic N) is 1. The van der Waals surface area contributed by atoms with E-state index in [-0.39, 0.29) is 5.91 Å². The molecule has 3 N–H and O–H groups in total. The van der Waals surface area contributed by atoms with Gasteiger partial charge in [0.25, 0.3) is 5.91 Å². The van der Waals surface area contributed by atoms with E-state index in [0.717, 1.165) is 29.7 Å². The quantitative estimate of drug-likeness (QED) is 0.808. The molecule has 2 heterocycles. The number of thiocarbonyl (C=S) groups is 1. The summed E-state index contributed by atoms with van der Waals surface area (Å²) in [5, 5.41) is 3.04. The molecule has 7 heteroatoms. The van der Waals surface area contributed by atoms with Gasteiger partial charge in [-0.05, 0) is 48.0 Å². The Bertz CT molecular complexity index is 495. The lowest BCUT2D eigenvalue weighted by molar-refractivity contribution is 0.0894. The Morgan fingerprint density at radius 2 is 2.16 bits per heavy atom. The number of carbonyl (C=O) groups is 1. The second kappa shape index (κ2) is 5.87. The molecule has 0 unspecified atom stereocenters. The monoisotopic (exact) mass is 361 g/mol. The summed E-state index contributed by atoms with van der Waals surface area (Å²) >= 11 is 9.94. The summed E-state index contributed by atoms with van der Waals surface area (Å²) in [6.45, 7) is 1.76. The molecule has 0 bridgehead atoms. The van der Waals surface area contributed by atoms with Crippen molar-refractivity contribution in [3.8, 4) is 0 Å². The predicted octanol–water partition coefficient (Wildman–Crippen LogP) is 1.99. The van der Waals surface area contributed by atoms with Gasteiger partial charge in [-0.25, -0.2) is 0 Å². The zero-order valence-electron chi connectivity index (χ0n) is 10.6. The maximum atomic E-state index is 12.3. The first-order chi connectivity index (χ1) is 8.93. The van der Waals surface area contributed by atoms with E-state index in [1.54, 1.807) is 6.07 Å². The van der Waals surface area contributed by atoms with Crippen molar-refractivity contribution in [1.82, 2.24) is 10.2 Å². The highest BCUT2D eigenvalue weighted by Gasteiger charge is 2.38. The fourth-order valence-corrected chi connectivity index (χ4v) is 3.68. The maximum Gasteiger partial charge on any atom is 0.262 e. The number of hydrogen-bond donors (Lipinski definition) is 2. The second-order valence-electron chi connectivity index (χ2n) is 4.81. The van der Waals surface area contributed by atoms with Gasteiger partial charge >= 0.3 is 0 Å². The van der Waals surface area contributed by atoms with E-state index < -0.39 is 5.54 Å². The Morgan fingerprint density at radius 3 is 2.63 bits per heavy atom. The highest BCUT2D eigenvalue weighted by Crippen LogP contribution is 2.26. The molecule has 0 atom stereocenters. The number of thiophene rings is 1. The summed E-state index contributed by atoms with van der Waals surface area (Å²) in [4.78, 5) is 15.5. The van der Waals surface area contributed by atoms with Gasteiger partial charge in [0.1, 0.15) is 0 Å². The SMILES string of the molecule is CN1CCC(NC(=O)c2ccc(Br)s2)(C(N)=S)CC1. The van der Waals surface area contributed by atoms with Crippen LogP contribution in [-0.4, -0.2) is 41.5 Å². The third-order valence-electron chi connectivity index (χ3n) is 3.46. The Balaban J connectivity index is 2.13. The Kier molecular flexibility index (Phi) is 4.60. The minimum atomic E-state index is -0.546. The highest BCUT2D eigenvalue weighted by atomic mass is 79.9. The lowest BCUT2D eigenvalue weighted by atomic mass is 9.87. The summed E-state index contributed by atoms with van der Waals surface area (Å²) in [7, 11) is 2.06. The number of piperidine rings is 1. The average Bonchev–Trinajstić information content (AvgIpc) is 2.79. The van der Waals surface area contributed by atoms with Gasteiger partial charge < -0.3 is 16.0 Å². The highest BCUT2D eigenvalue weighted by molar-refractivity contribution is 9.11. The first kappa shape index (κ1) is 14.9. The van der Waals surface area contributed by atoms with Crippen molar-refractivity contribution in [2.45, 2.75) is 18.4 Å². The maximum absolute atomic E-state index is 12.3. The summed E-state index contributed by atoms with van der Waals surface area (Å²) in [5.41, 5.74) is 5.33. The normalized spacial score (nSPS) is 19.1. The van der Waals surface area contributed by atoms with Gasteiger partial charge in [-0.1, -0.05) is 12.2 Å². The van der Waals surface area contributed by atoms with Gasteiger partial charge in [-0.3, -0.25) is 4.79 Å². The van der Waals surface area contributed by atoms with Crippen LogP contribution in [0.15, 0.2) is 15.9 Å². The zero-order chi connectivity index (χ0) is 14.0. The van der Waals surface area contributed by atoms with Gasteiger partial charge in [0.2, 0.25) is 0 Å². The molecule has 0 radical (unpaired) electrons. The number of amides is 1. The number of carbonyl (C=O) groups excluding carboxylic acids is 1. The Morgan fingerprint density at radius 1 is 1.53 bits per heavy atom. The van der Waals surface area contributed by atoms with Gasteiger partial charge in [0, 0.05) is 13.1 Å². The number of likely N-dealkylation sites (tertiary alicyclic amines) is 1. The van der Waals surface area contributed by atoms with Gasteiger partial charge in [-0.2, -0.15) is 0 Å². The molecule has 0 saturated carbocycles. The van der Waals surface area contributed by atoms with Crippen molar-refractivity contribution in [3.05, 3.63) is 20.8 Å². The van der Waals surface area contributed by atoms with Crippen molar-refractivity contribution in [2.75, 3.05) is 20.1 Å². The lowest BCUT2D eigenvalue weighted by Crippen LogP contribution is -2.61. The molecule has 1 fully saturated rings. The summed E-state index contributed by atoms with van der Waals surface area (Å²) in [5.74, 6) is -0.104. The molecule has 2 rings (SSSR count). The zero-order valence-corrected chi connectivity index (χ0v) is 13.8. The molecule has 1 aromatic heterocycles. The molecule has 1 saturated heterocycles. The van der Waals surface area contributed by atoms with Crippen molar-refractivity contribution >= 4 is 50.4 Å². The molecule has 104 valence electrons. The molecule has 1 amide bonds. The van der Waals surface area contributed by atoms with Crippen molar-refractivity contribution in [2.24, 2.45) is 5.73 Å². The molecule has 4 nitrogen and oxygen atoms in total. The standard InChI is InChI=1S/C12H16BrN3OS2/c1-16-6-4-12(5-7-16,11(14)18)15-10(17)8-2-3-9(13)19-8/h2-3H,4-7H2,1H3,(H2,14,18)(H,15,17). The average molecular weight is 362 g/mol. The summed E-state index contributed by atoms with van der Waals surface area (Å²) in [6.07, 6.45) is 1.52. The first-order valence-corrected chi connectivity index (χ1v) is 8.01. The third-order valence-corrected chi connectivity index (χ3v) is 5.48. The van der Waals surface area contributed by atoms with Crippen molar-refractivity contribution < 1.29 is 4.79 Å². The Labute approximate surface area is 130 Å². The smallest absolute Gasteiger partial charge is 0.262 e. The molecule has 1 aromatic rings. The predicted molar refractivity (Wildman–Crippen MR) is 85.7 cm³/mol. The van der Waals surface area contributed by atoms with Crippen LogP contribution in [-0.2, 0) is 0 Å². The minimum Gasteiger partial charge on any atom is -0.391 e. The number of hydrogen-bond acceptors (Lipinski definition) is 4. The lowest BCUT2D eigenvalue weighted by Gasteiger charge is -2.40. The van der Waals surface area contributed by atoms with E-state index in [0.29, 0.717) is 9.87 Å².